The monoisotopic (exact) mass is 525 g/mol. The zero-order valence-corrected chi connectivity index (χ0v) is 20.7. The smallest absolute Gasteiger partial charge is 0.414 e. The second-order valence-electron chi connectivity index (χ2n) is 8.78. The van der Waals surface area contributed by atoms with Crippen molar-refractivity contribution in [1.82, 2.24) is 20.5 Å². The second-order valence-corrected chi connectivity index (χ2v) is 8.78. The average Bonchev–Trinajstić information content (AvgIpc) is 3.31. The molecule has 0 spiro atoms. The molecule has 2 aliphatic heterocycles. The molecule has 4 amide bonds. The number of rotatable bonds is 8. The van der Waals surface area contributed by atoms with Gasteiger partial charge in [0, 0.05) is 50.8 Å². The van der Waals surface area contributed by atoms with Crippen LogP contribution in [-0.4, -0.2) is 90.5 Å². The maximum absolute atomic E-state index is 12.6. The van der Waals surface area contributed by atoms with Gasteiger partial charge in [0.2, 0.25) is 11.8 Å². The van der Waals surface area contributed by atoms with Crippen molar-refractivity contribution in [2.24, 2.45) is 0 Å². The number of anilines is 2. The fraction of sp³-hybridized carbons (Fsp3) is 0.375. The Kier molecular flexibility index (Phi) is 7.99. The Hall–Kier alpha value is -4.75. The molecule has 38 heavy (non-hydrogen) atoms. The minimum atomic E-state index is -0.551. The number of amides is 4. The van der Waals surface area contributed by atoms with Crippen LogP contribution >= 0.6 is 0 Å². The second kappa shape index (κ2) is 11.5. The number of aromatic nitrogens is 1. The molecule has 1 aromatic heterocycles. The third kappa shape index (κ3) is 6.32. The zero-order valence-electron chi connectivity index (χ0n) is 20.7. The van der Waals surface area contributed by atoms with Crippen LogP contribution in [0.3, 0.4) is 0 Å². The summed E-state index contributed by atoms with van der Waals surface area (Å²) < 4.78 is 5.28. The minimum absolute atomic E-state index is 0.120. The van der Waals surface area contributed by atoms with Gasteiger partial charge in [-0.25, -0.2) is 9.78 Å². The number of carbonyl (C=O) groups excluding carboxylic acids is 4. The molecule has 2 aliphatic rings. The van der Waals surface area contributed by atoms with Crippen molar-refractivity contribution < 1.29 is 28.8 Å². The van der Waals surface area contributed by atoms with Gasteiger partial charge in [0.1, 0.15) is 11.9 Å². The Bertz CT molecular complexity index is 1210. The summed E-state index contributed by atoms with van der Waals surface area (Å²) in [4.78, 5) is 67.9. The molecule has 2 fully saturated rings. The van der Waals surface area contributed by atoms with E-state index in [1.54, 1.807) is 23.2 Å². The Morgan fingerprint density at radius 2 is 1.79 bits per heavy atom. The van der Waals surface area contributed by atoms with Crippen molar-refractivity contribution in [3.8, 4) is 0 Å². The van der Waals surface area contributed by atoms with E-state index in [-0.39, 0.29) is 36.2 Å². The topological polar surface area (TPSA) is 167 Å². The number of nitrogens with zero attached hydrogens (tertiary/aromatic N) is 5. The fourth-order valence-electron chi connectivity index (χ4n) is 4.11. The third-order valence-electron chi connectivity index (χ3n) is 6.19. The lowest BCUT2D eigenvalue weighted by Crippen LogP contribution is -2.51. The first-order chi connectivity index (χ1) is 18.2. The van der Waals surface area contributed by atoms with Gasteiger partial charge in [-0.15, -0.1) is 0 Å². The van der Waals surface area contributed by atoms with E-state index < -0.39 is 23.0 Å². The number of non-ortho nitro benzene ring substituents is 1. The van der Waals surface area contributed by atoms with Crippen LogP contribution in [0.15, 0.2) is 42.6 Å². The van der Waals surface area contributed by atoms with E-state index in [0.29, 0.717) is 44.2 Å². The Morgan fingerprint density at radius 1 is 1.08 bits per heavy atom. The Morgan fingerprint density at radius 3 is 2.39 bits per heavy atom. The number of hydrogen-bond acceptors (Lipinski definition) is 9. The Balaban J connectivity index is 1.23. The molecule has 2 N–H and O–H groups in total. The molecule has 3 heterocycles. The number of pyridine rings is 1. The van der Waals surface area contributed by atoms with Gasteiger partial charge in [-0.1, -0.05) is 0 Å². The first-order valence-corrected chi connectivity index (χ1v) is 12.0. The maximum Gasteiger partial charge on any atom is 0.414 e. The standard InChI is InChI=1S/C24H27N7O7/c1-16(32)25-13-20-15-30(24(35)38-20)19-6-7-21(26-12-19)28-8-10-29(11-9-28)22(33)14-27-23(34)17-2-4-18(5-3-17)31(36)37/h2-7,12,20H,8-11,13-15H2,1H3,(H,25,32)(H,27,34)/t20-/m0/s1. The van der Waals surface area contributed by atoms with Crippen LogP contribution in [0.2, 0.25) is 0 Å². The van der Waals surface area contributed by atoms with Gasteiger partial charge in [0.05, 0.1) is 36.4 Å². The highest BCUT2D eigenvalue weighted by Crippen LogP contribution is 2.23. The molecule has 4 rings (SSSR count). The predicted octanol–water partition coefficient (Wildman–Crippen LogP) is 0.530. The van der Waals surface area contributed by atoms with Crippen molar-refractivity contribution in [3.63, 3.8) is 0 Å². The highest BCUT2D eigenvalue weighted by molar-refractivity contribution is 5.96. The molecular formula is C24H27N7O7. The predicted molar refractivity (Wildman–Crippen MR) is 135 cm³/mol. The van der Waals surface area contributed by atoms with Crippen molar-refractivity contribution in [3.05, 3.63) is 58.3 Å². The molecule has 200 valence electrons. The van der Waals surface area contributed by atoms with E-state index in [4.69, 9.17) is 4.74 Å². The first kappa shape index (κ1) is 26.3. The average molecular weight is 526 g/mol. The highest BCUT2D eigenvalue weighted by atomic mass is 16.6. The summed E-state index contributed by atoms with van der Waals surface area (Å²) in [5.41, 5.74) is 0.695. The molecule has 0 unspecified atom stereocenters. The lowest BCUT2D eigenvalue weighted by molar-refractivity contribution is -0.384. The number of nitro benzene ring substituents is 1. The molecule has 14 nitrogen and oxygen atoms in total. The third-order valence-corrected chi connectivity index (χ3v) is 6.19. The summed E-state index contributed by atoms with van der Waals surface area (Å²) in [7, 11) is 0. The van der Waals surface area contributed by atoms with Crippen LogP contribution in [0.5, 0.6) is 0 Å². The van der Waals surface area contributed by atoms with Crippen LogP contribution < -0.4 is 20.4 Å². The maximum atomic E-state index is 12.6. The van der Waals surface area contributed by atoms with Crippen LogP contribution in [-0.2, 0) is 14.3 Å². The summed E-state index contributed by atoms with van der Waals surface area (Å²) in [6.07, 6.45) is 0.654. The summed E-state index contributed by atoms with van der Waals surface area (Å²) in [6, 6.07) is 8.72. The quantitative estimate of drug-likeness (QED) is 0.369. The van der Waals surface area contributed by atoms with Crippen molar-refractivity contribution in [1.29, 1.82) is 0 Å². The number of benzene rings is 1. The summed E-state index contributed by atoms with van der Waals surface area (Å²) in [6.45, 7) is 3.73. The molecular weight excluding hydrogens is 498 g/mol. The molecule has 1 atom stereocenters. The molecule has 2 saturated heterocycles. The van der Waals surface area contributed by atoms with E-state index in [9.17, 15) is 29.3 Å². The molecule has 0 radical (unpaired) electrons. The van der Waals surface area contributed by atoms with Gasteiger partial charge in [0.25, 0.3) is 11.6 Å². The van der Waals surface area contributed by atoms with Crippen LogP contribution in [0.4, 0.5) is 22.0 Å². The van der Waals surface area contributed by atoms with E-state index >= 15 is 0 Å². The van der Waals surface area contributed by atoms with Crippen molar-refractivity contribution in [2.45, 2.75) is 13.0 Å². The largest absolute Gasteiger partial charge is 0.442 e. The molecule has 1 aromatic carbocycles. The molecule has 14 heteroatoms. The van der Waals surface area contributed by atoms with Crippen molar-refractivity contribution >= 4 is 41.0 Å². The normalized spacial score (nSPS) is 17.1. The number of hydrogen-bond donors (Lipinski definition) is 2. The summed E-state index contributed by atoms with van der Waals surface area (Å²) in [5, 5.41) is 15.9. The van der Waals surface area contributed by atoms with Gasteiger partial charge in [-0.05, 0) is 24.3 Å². The molecule has 0 saturated carbocycles. The number of carbonyl (C=O) groups is 4. The molecule has 2 aromatic rings. The summed E-state index contributed by atoms with van der Waals surface area (Å²) in [5.74, 6) is -0.210. The number of cyclic esters (lactones) is 1. The van der Waals surface area contributed by atoms with Gasteiger partial charge >= 0.3 is 6.09 Å². The SMILES string of the molecule is CC(=O)NC[C@H]1CN(c2ccc(N3CCN(C(=O)CNC(=O)c4ccc([N+](=O)[O-])cc4)CC3)nc2)C(=O)O1. The van der Waals surface area contributed by atoms with Gasteiger partial charge in [-0.3, -0.25) is 29.4 Å². The first-order valence-electron chi connectivity index (χ1n) is 12.0. The fourth-order valence-corrected chi connectivity index (χ4v) is 4.11. The van der Waals surface area contributed by atoms with E-state index in [0.717, 1.165) is 0 Å². The molecule has 0 aliphatic carbocycles. The lowest BCUT2D eigenvalue weighted by Gasteiger charge is -2.35. The zero-order chi connectivity index (χ0) is 27.2. The minimum Gasteiger partial charge on any atom is -0.442 e. The van der Waals surface area contributed by atoms with E-state index in [1.807, 2.05) is 4.90 Å². The lowest BCUT2D eigenvalue weighted by atomic mass is 10.2. The van der Waals surface area contributed by atoms with Gasteiger partial charge < -0.3 is 25.2 Å². The van der Waals surface area contributed by atoms with Crippen LogP contribution in [0.1, 0.15) is 17.3 Å². The highest BCUT2D eigenvalue weighted by Gasteiger charge is 2.32. The number of piperazine rings is 1. The number of nitrogens with one attached hydrogen (secondary N) is 2. The number of ether oxygens (including phenoxy) is 1. The van der Waals surface area contributed by atoms with Gasteiger partial charge in [-0.2, -0.15) is 0 Å². The van der Waals surface area contributed by atoms with E-state index in [2.05, 4.69) is 15.6 Å². The van der Waals surface area contributed by atoms with Crippen molar-refractivity contribution in [2.75, 3.05) is 55.6 Å². The Labute approximate surface area is 217 Å². The van der Waals surface area contributed by atoms with Gasteiger partial charge in [0.15, 0.2) is 0 Å². The van der Waals surface area contributed by atoms with E-state index in [1.165, 1.54) is 36.1 Å². The van der Waals surface area contributed by atoms with Crippen LogP contribution in [0.25, 0.3) is 0 Å². The van der Waals surface area contributed by atoms with Crippen LogP contribution in [0, 0.1) is 10.1 Å². The molecule has 0 bridgehead atoms. The summed E-state index contributed by atoms with van der Waals surface area (Å²) >= 11 is 0. The number of nitro groups is 1.